The SMILES string of the molecule is CCn1c(=O)[nH]c2cc(C(=O)NC3CCN(c4cc(OC)cc(OC)c4)C3)ccc2c1=O. The molecule has 9 nitrogen and oxygen atoms in total. The van der Waals surface area contributed by atoms with Crippen LogP contribution in [0.1, 0.15) is 23.7 Å². The van der Waals surface area contributed by atoms with E-state index < -0.39 is 5.69 Å². The molecule has 9 heteroatoms. The number of benzene rings is 2. The van der Waals surface area contributed by atoms with Crippen molar-refractivity contribution < 1.29 is 14.3 Å². The van der Waals surface area contributed by atoms with Crippen LogP contribution in [0.15, 0.2) is 46.0 Å². The Labute approximate surface area is 184 Å². The minimum Gasteiger partial charge on any atom is -0.497 e. The van der Waals surface area contributed by atoms with Crippen LogP contribution in [-0.4, -0.2) is 48.8 Å². The van der Waals surface area contributed by atoms with Gasteiger partial charge in [0, 0.05) is 55.1 Å². The highest BCUT2D eigenvalue weighted by Gasteiger charge is 2.25. The molecule has 0 radical (unpaired) electrons. The maximum atomic E-state index is 12.8. The van der Waals surface area contributed by atoms with Crippen molar-refractivity contribution in [2.24, 2.45) is 0 Å². The Morgan fingerprint density at radius 3 is 2.50 bits per heavy atom. The molecule has 1 unspecified atom stereocenters. The van der Waals surface area contributed by atoms with Crippen molar-refractivity contribution in [3.8, 4) is 11.5 Å². The largest absolute Gasteiger partial charge is 0.497 e. The number of methoxy groups -OCH3 is 2. The Balaban J connectivity index is 1.50. The fourth-order valence-electron chi connectivity index (χ4n) is 4.04. The average Bonchev–Trinajstić information content (AvgIpc) is 3.27. The fourth-order valence-corrected chi connectivity index (χ4v) is 4.04. The minimum absolute atomic E-state index is 0.0393. The van der Waals surface area contributed by atoms with E-state index in [2.05, 4.69) is 15.2 Å². The summed E-state index contributed by atoms with van der Waals surface area (Å²) in [5.41, 5.74) is 0.867. The lowest BCUT2D eigenvalue weighted by Gasteiger charge is -2.20. The third kappa shape index (κ3) is 4.05. The van der Waals surface area contributed by atoms with E-state index in [9.17, 15) is 14.4 Å². The van der Waals surface area contributed by atoms with Gasteiger partial charge >= 0.3 is 5.69 Å². The average molecular weight is 438 g/mol. The quantitative estimate of drug-likeness (QED) is 0.607. The zero-order chi connectivity index (χ0) is 22.8. The number of amides is 1. The molecule has 1 aliphatic rings. The topological polar surface area (TPSA) is 106 Å². The van der Waals surface area contributed by atoms with Gasteiger partial charge in [-0.05, 0) is 31.5 Å². The van der Waals surface area contributed by atoms with Gasteiger partial charge in [0.25, 0.3) is 11.5 Å². The van der Waals surface area contributed by atoms with Crippen LogP contribution in [-0.2, 0) is 6.54 Å². The van der Waals surface area contributed by atoms with Crippen LogP contribution in [0, 0.1) is 0 Å². The molecule has 4 rings (SSSR count). The van der Waals surface area contributed by atoms with Crippen LogP contribution in [0.25, 0.3) is 10.9 Å². The van der Waals surface area contributed by atoms with Gasteiger partial charge in [0.05, 0.1) is 25.1 Å². The number of nitrogens with one attached hydrogen (secondary N) is 2. The molecule has 1 atom stereocenters. The number of carbonyl (C=O) groups excluding carboxylic acids is 1. The molecule has 168 valence electrons. The zero-order valence-electron chi connectivity index (χ0n) is 18.3. The van der Waals surface area contributed by atoms with Gasteiger partial charge in [0.1, 0.15) is 11.5 Å². The Bertz CT molecular complexity index is 1260. The molecule has 0 saturated carbocycles. The van der Waals surface area contributed by atoms with Crippen LogP contribution in [0.2, 0.25) is 0 Å². The summed E-state index contributed by atoms with van der Waals surface area (Å²) in [6.45, 7) is 3.44. The van der Waals surface area contributed by atoms with E-state index >= 15 is 0 Å². The van der Waals surface area contributed by atoms with Gasteiger partial charge in [0.2, 0.25) is 0 Å². The van der Waals surface area contributed by atoms with Crippen LogP contribution in [0.4, 0.5) is 5.69 Å². The normalized spacial score (nSPS) is 15.7. The summed E-state index contributed by atoms with van der Waals surface area (Å²) in [6, 6.07) is 10.4. The first-order valence-electron chi connectivity index (χ1n) is 10.5. The molecule has 1 aromatic heterocycles. The van der Waals surface area contributed by atoms with Gasteiger partial charge in [-0.1, -0.05) is 0 Å². The van der Waals surface area contributed by atoms with Crippen LogP contribution < -0.4 is 30.9 Å². The Kier molecular flexibility index (Phi) is 5.89. The molecule has 0 spiro atoms. The number of nitrogens with zero attached hydrogens (tertiary/aromatic N) is 2. The number of hydrogen-bond donors (Lipinski definition) is 2. The summed E-state index contributed by atoms with van der Waals surface area (Å²) < 4.78 is 11.8. The van der Waals surface area contributed by atoms with Crippen molar-refractivity contribution >= 4 is 22.5 Å². The summed E-state index contributed by atoms with van der Waals surface area (Å²) in [7, 11) is 3.22. The molecule has 3 aromatic rings. The number of carbonyl (C=O) groups is 1. The van der Waals surface area contributed by atoms with Crippen molar-refractivity contribution in [2.45, 2.75) is 25.9 Å². The second-order valence-corrected chi connectivity index (χ2v) is 7.72. The van der Waals surface area contributed by atoms with Gasteiger partial charge < -0.3 is 24.7 Å². The summed E-state index contributed by atoms with van der Waals surface area (Å²) in [5, 5.41) is 3.43. The van der Waals surface area contributed by atoms with E-state index in [1.807, 2.05) is 18.2 Å². The molecule has 0 bridgehead atoms. The number of fused-ring (bicyclic) bond motifs is 1. The molecule has 1 amide bonds. The minimum atomic E-state index is -0.484. The molecule has 32 heavy (non-hydrogen) atoms. The van der Waals surface area contributed by atoms with E-state index in [1.165, 1.54) is 0 Å². The molecular weight excluding hydrogens is 412 g/mol. The monoisotopic (exact) mass is 438 g/mol. The van der Waals surface area contributed by atoms with E-state index in [-0.39, 0.29) is 24.1 Å². The molecular formula is C23H26N4O5. The highest BCUT2D eigenvalue weighted by molar-refractivity contribution is 5.97. The molecule has 0 aliphatic carbocycles. The van der Waals surface area contributed by atoms with Gasteiger partial charge in [-0.2, -0.15) is 0 Å². The lowest BCUT2D eigenvalue weighted by molar-refractivity contribution is 0.0940. The number of aromatic nitrogens is 2. The second kappa shape index (κ2) is 8.78. The third-order valence-electron chi connectivity index (χ3n) is 5.79. The number of hydrogen-bond acceptors (Lipinski definition) is 6. The zero-order valence-corrected chi connectivity index (χ0v) is 18.3. The fraction of sp³-hybridized carbons (Fsp3) is 0.348. The van der Waals surface area contributed by atoms with Crippen LogP contribution in [0.5, 0.6) is 11.5 Å². The van der Waals surface area contributed by atoms with E-state index in [1.54, 1.807) is 39.3 Å². The highest BCUT2D eigenvalue weighted by Crippen LogP contribution is 2.30. The standard InChI is InChI=1S/C23H26N4O5/c1-4-27-22(29)19-6-5-14(9-20(19)25-23(27)30)21(28)24-15-7-8-26(13-15)16-10-17(31-2)12-18(11-16)32-3/h5-6,9-12,15H,4,7-8,13H2,1-3H3,(H,24,28)(H,25,30). The number of ether oxygens (including phenoxy) is 2. The maximum absolute atomic E-state index is 12.8. The predicted octanol–water partition coefficient (Wildman–Crippen LogP) is 1.74. The molecule has 1 saturated heterocycles. The Morgan fingerprint density at radius 2 is 1.84 bits per heavy atom. The molecule has 1 fully saturated rings. The molecule has 1 aliphatic heterocycles. The van der Waals surface area contributed by atoms with Gasteiger partial charge in [-0.25, -0.2) is 4.79 Å². The van der Waals surface area contributed by atoms with Gasteiger partial charge in [-0.15, -0.1) is 0 Å². The van der Waals surface area contributed by atoms with Crippen molar-refractivity contribution in [2.75, 3.05) is 32.2 Å². The highest BCUT2D eigenvalue weighted by atomic mass is 16.5. The number of aromatic amines is 1. The van der Waals surface area contributed by atoms with E-state index in [4.69, 9.17) is 9.47 Å². The van der Waals surface area contributed by atoms with Crippen molar-refractivity contribution in [3.63, 3.8) is 0 Å². The van der Waals surface area contributed by atoms with Crippen molar-refractivity contribution in [1.29, 1.82) is 0 Å². The number of H-pyrrole nitrogens is 1. The Hall–Kier alpha value is -3.75. The molecule has 2 heterocycles. The molecule has 2 N–H and O–H groups in total. The number of anilines is 1. The smallest absolute Gasteiger partial charge is 0.328 e. The maximum Gasteiger partial charge on any atom is 0.328 e. The van der Waals surface area contributed by atoms with E-state index in [0.717, 1.165) is 23.2 Å². The van der Waals surface area contributed by atoms with Gasteiger partial charge in [-0.3, -0.25) is 14.2 Å². The summed E-state index contributed by atoms with van der Waals surface area (Å²) >= 11 is 0. The first-order chi connectivity index (χ1) is 15.4. The van der Waals surface area contributed by atoms with Crippen molar-refractivity contribution in [1.82, 2.24) is 14.9 Å². The summed E-state index contributed by atoms with van der Waals surface area (Å²) in [5.74, 6) is 1.17. The Morgan fingerprint density at radius 1 is 1.12 bits per heavy atom. The third-order valence-corrected chi connectivity index (χ3v) is 5.79. The lowest BCUT2D eigenvalue weighted by Crippen LogP contribution is -2.37. The van der Waals surface area contributed by atoms with Crippen LogP contribution >= 0.6 is 0 Å². The second-order valence-electron chi connectivity index (χ2n) is 7.72. The van der Waals surface area contributed by atoms with E-state index in [0.29, 0.717) is 34.5 Å². The first kappa shape index (κ1) is 21.5. The summed E-state index contributed by atoms with van der Waals surface area (Å²) in [4.78, 5) is 42.2. The van der Waals surface area contributed by atoms with Crippen molar-refractivity contribution in [3.05, 3.63) is 62.8 Å². The molecule has 2 aromatic carbocycles. The summed E-state index contributed by atoms with van der Waals surface area (Å²) in [6.07, 6.45) is 0.789. The van der Waals surface area contributed by atoms with Crippen LogP contribution in [0.3, 0.4) is 0 Å². The number of rotatable bonds is 6. The predicted molar refractivity (Wildman–Crippen MR) is 122 cm³/mol. The first-order valence-corrected chi connectivity index (χ1v) is 10.5. The lowest BCUT2D eigenvalue weighted by atomic mass is 10.1. The van der Waals surface area contributed by atoms with Gasteiger partial charge in [0.15, 0.2) is 0 Å².